The van der Waals surface area contributed by atoms with Gasteiger partial charge in [-0.15, -0.1) is 0 Å². The summed E-state index contributed by atoms with van der Waals surface area (Å²) in [7, 11) is 0. The van der Waals surface area contributed by atoms with Crippen LogP contribution in [0.1, 0.15) is 16.7 Å². The van der Waals surface area contributed by atoms with Crippen molar-refractivity contribution in [2.75, 3.05) is 16.8 Å². The van der Waals surface area contributed by atoms with E-state index in [0.717, 1.165) is 16.8 Å². The van der Waals surface area contributed by atoms with E-state index in [1.807, 2.05) is 36.4 Å². The smallest absolute Gasteiger partial charge is 0.145 e. The molecule has 0 radical (unpaired) electrons. The van der Waals surface area contributed by atoms with Gasteiger partial charge in [-0.1, -0.05) is 12.1 Å². The summed E-state index contributed by atoms with van der Waals surface area (Å²) in [6.07, 6.45) is 0.531. The van der Waals surface area contributed by atoms with Crippen LogP contribution in [0.3, 0.4) is 0 Å². The minimum absolute atomic E-state index is 0.0235. The molecule has 0 atom stereocenters. The van der Waals surface area contributed by atoms with Gasteiger partial charge >= 0.3 is 0 Å². The third-order valence-electron chi connectivity index (χ3n) is 4.15. The van der Waals surface area contributed by atoms with Crippen molar-refractivity contribution >= 4 is 22.7 Å². The van der Waals surface area contributed by atoms with Crippen molar-refractivity contribution in [1.29, 1.82) is 0 Å². The molecule has 3 rings (SSSR count). The predicted molar refractivity (Wildman–Crippen MR) is 102 cm³/mol. The lowest BCUT2D eigenvalue weighted by atomic mass is 9.99. The summed E-state index contributed by atoms with van der Waals surface area (Å²) in [5.41, 5.74) is 16.3. The fourth-order valence-electron chi connectivity index (χ4n) is 2.67. The molecule has 0 amide bonds. The molecule has 25 heavy (non-hydrogen) atoms. The van der Waals surface area contributed by atoms with Crippen molar-refractivity contribution in [1.82, 2.24) is 0 Å². The van der Waals surface area contributed by atoms with Crippen LogP contribution in [0.25, 0.3) is 0 Å². The summed E-state index contributed by atoms with van der Waals surface area (Å²) in [5, 5.41) is 23.9. The Kier molecular flexibility index (Phi) is 4.39. The summed E-state index contributed by atoms with van der Waals surface area (Å²) in [6, 6.07) is 16.5. The maximum Gasteiger partial charge on any atom is 0.145 e. The average molecular weight is 335 g/mol. The van der Waals surface area contributed by atoms with Crippen molar-refractivity contribution in [3.05, 3.63) is 71.3 Å². The third kappa shape index (κ3) is 3.61. The molecule has 0 saturated heterocycles. The summed E-state index contributed by atoms with van der Waals surface area (Å²) < 4.78 is 0. The number of hydrogen-bond acceptors (Lipinski definition) is 5. The monoisotopic (exact) mass is 335 g/mol. The molecule has 0 aromatic heterocycles. The molecule has 5 heteroatoms. The van der Waals surface area contributed by atoms with Crippen LogP contribution in [0.4, 0.5) is 22.7 Å². The van der Waals surface area contributed by atoms with Crippen molar-refractivity contribution in [2.24, 2.45) is 0 Å². The first-order valence-corrected chi connectivity index (χ1v) is 7.95. The second-order valence-electron chi connectivity index (χ2n) is 6.07. The second-order valence-corrected chi connectivity index (χ2v) is 6.07. The molecule has 0 unspecified atom stereocenters. The normalized spacial score (nSPS) is 10.6. The first kappa shape index (κ1) is 16.5. The molecule has 3 aromatic carbocycles. The highest BCUT2D eigenvalue weighted by atomic mass is 16.3. The molecule has 0 spiro atoms. The predicted octanol–water partition coefficient (Wildman–Crippen LogP) is 3.91. The quantitative estimate of drug-likeness (QED) is 0.282. The first-order valence-electron chi connectivity index (χ1n) is 7.95. The lowest BCUT2D eigenvalue weighted by molar-refractivity contribution is 0.441. The minimum Gasteiger partial charge on any atom is -0.507 e. The molecule has 0 heterocycles. The zero-order valence-corrected chi connectivity index (χ0v) is 14.0. The van der Waals surface area contributed by atoms with E-state index in [1.54, 1.807) is 25.1 Å². The van der Waals surface area contributed by atoms with Crippen LogP contribution in [0.5, 0.6) is 11.5 Å². The molecule has 0 saturated carbocycles. The fourth-order valence-corrected chi connectivity index (χ4v) is 2.67. The van der Waals surface area contributed by atoms with Gasteiger partial charge in [0.2, 0.25) is 0 Å². The summed E-state index contributed by atoms with van der Waals surface area (Å²) in [4.78, 5) is 0. The van der Waals surface area contributed by atoms with Gasteiger partial charge in [-0.05, 0) is 55.0 Å². The van der Waals surface area contributed by atoms with Gasteiger partial charge in [-0.25, -0.2) is 0 Å². The number of aromatic hydroxyl groups is 2. The molecular weight excluding hydrogens is 314 g/mol. The standard InChI is InChI=1S/C20H21N3O2/c1-12-19(24)14(10-13-2-4-15(21)5-3-13)11-18(20(12)25)23-17-8-6-16(22)7-9-17/h2-9,11,23-25H,10,21-22H2,1H3. The van der Waals surface area contributed by atoms with Crippen molar-refractivity contribution in [2.45, 2.75) is 13.3 Å². The molecule has 0 fully saturated rings. The Bertz CT molecular complexity index is 817. The SMILES string of the molecule is Cc1c(O)c(Cc2ccc(N)cc2)cc(Nc2ccc(N)cc2)c1O. The van der Waals surface area contributed by atoms with Gasteiger partial charge in [0, 0.05) is 34.6 Å². The van der Waals surface area contributed by atoms with Crippen LogP contribution in [0.15, 0.2) is 54.6 Å². The van der Waals surface area contributed by atoms with E-state index >= 15 is 0 Å². The summed E-state index contributed by atoms with van der Waals surface area (Å²) in [5.74, 6) is 0.118. The molecular formula is C20H21N3O2. The number of nitrogens with two attached hydrogens (primary N) is 2. The maximum absolute atomic E-state index is 10.4. The Balaban J connectivity index is 1.94. The minimum atomic E-state index is 0.0235. The molecule has 3 aromatic rings. The van der Waals surface area contributed by atoms with Crippen LogP contribution >= 0.6 is 0 Å². The Labute approximate surface area is 146 Å². The third-order valence-corrected chi connectivity index (χ3v) is 4.15. The van der Waals surface area contributed by atoms with Gasteiger partial charge in [0.05, 0.1) is 5.69 Å². The molecule has 128 valence electrons. The molecule has 0 aliphatic rings. The largest absolute Gasteiger partial charge is 0.507 e. The number of phenols is 2. The van der Waals surface area contributed by atoms with Crippen molar-refractivity contribution in [3.8, 4) is 11.5 Å². The van der Waals surface area contributed by atoms with Gasteiger partial charge in [-0.2, -0.15) is 0 Å². The lowest BCUT2D eigenvalue weighted by Crippen LogP contribution is -1.97. The highest BCUT2D eigenvalue weighted by Crippen LogP contribution is 2.39. The summed E-state index contributed by atoms with van der Waals surface area (Å²) in [6.45, 7) is 1.69. The second kappa shape index (κ2) is 6.65. The Hall–Kier alpha value is -3.34. The van der Waals surface area contributed by atoms with Crippen molar-refractivity contribution in [3.63, 3.8) is 0 Å². The van der Waals surface area contributed by atoms with E-state index in [4.69, 9.17) is 11.5 Å². The van der Waals surface area contributed by atoms with Crippen LogP contribution in [0.2, 0.25) is 0 Å². The van der Waals surface area contributed by atoms with Gasteiger partial charge in [-0.3, -0.25) is 0 Å². The summed E-state index contributed by atoms with van der Waals surface area (Å²) >= 11 is 0. The zero-order valence-electron chi connectivity index (χ0n) is 14.0. The van der Waals surface area contributed by atoms with Gasteiger partial charge < -0.3 is 27.0 Å². The highest BCUT2D eigenvalue weighted by Gasteiger charge is 2.15. The number of hydrogen-bond donors (Lipinski definition) is 5. The van der Waals surface area contributed by atoms with E-state index in [9.17, 15) is 10.2 Å². The van der Waals surface area contributed by atoms with Crippen LogP contribution < -0.4 is 16.8 Å². The number of phenolic OH excluding ortho intramolecular Hbond substituents is 2. The Morgan fingerprint density at radius 1 is 0.840 bits per heavy atom. The number of anilines is 4. The Morgan fingerprint density at radius 2 is 1.40 bits per heavy atom. The van der Waals surface area contributed by atoms with Gasteiger partial charge in [0.15, 0.2) is 0 Å². The van der Waals surface area contributed by atoms with E-state index in [1.165, 1.54) is 0 Å². The van der Waals surface area contributed by atoms with Crippen LogP contribution in [0, 0.1) is 6.92 Å². The van der Waals surface area contributed by atoms with Gasteiger partial charge in [0.25, 0.3) is 0 Å². The van der Waals surface area contributed by atoms with Crippen LogP contribution in [-0.2, 0) is 6.42 Å². The molecule has 0 bridgehead atoms. The Morgan fingerprint density at radius 3 is 2.00 bits per heavy atom. The molecule has 5 nitrogen and oxygen atoms in total. The number of nitrogens with one attached hydrogen (secondary N) is 1. The zero-order chi connectivity index (χ0) is 18.0. The first-order chi connectivity index (χ1) is 11.9. The molecule has 0 aliphatic carbocycles. The highest BCUT2D eigenvalue weighted by molar-refractivity contribution is 5.72. The van der Waals surface area contributed by atoms with Crippen LogP contribution in [-0.4, -0.2) is 10.2 Å². The average Bonchev–Trinajstić information content (AvgIpc) is 2.61. The number of nitrogen functional groups attached to an aromatic ring is 2. The number of rotatable bonds is 4. The maximum atomic E-state index is 10.4. The molecule has 0 aliphatic heterocycles. The number of benzene rings is 3. The molecule has 7 N–H and O–H groups in total. The van der Waals surface area contributed by atoms with Gasteiger partial charge in [0.1, 0.15) is 11.5 Å². The van der Waals surface area contributed by atoms with E-state index in [2.05, 4.69) is 5.32 Å². The topological polar surface area (TPSA) is 105 Å². The fraction of sp³-hybridized carbons (Fsp3) is 0.100. The van der Waals surface area contributed by atoms with Crippen molar-refractivity contribution < 1.29 is 10.2 Å². The van der Waals surface area contributed by atoms with E-state index in [0.29, 0.717) is 29.0 Å². The lowest BCUT2D eigenvalue weighted by Gasteiger charge is -2.15. The van der Waals surface area contributed by atoms with E-state index in [-0.39, 0.29) is 11.5 Å². The van der Waals surface area contributed by atoms with E-state index < -0.39 is 0 Å².